The predicted molar refractivity (Wildman–Crippen MR) is 64.0 cm³/mol. The second-order valence-corrected chi connectivity index (χ2v) is 2.14. The largest absolute Gasteiger partial charge is 0.388 e. The Bertz CT molecular complexity index is 26.1. The summed E-state index contributed by atoms with van der Waals surface area (Å²) in [6.45, 7) is 14.5. The van der Waals surface area contributed by atoms with E-state index in [1.165, 1.54) is 0 Å². The van der Waals surface area contributed by atoms with Crippen LogP contribution >= 0.6 is 0 Å². The molecule has 0 aromatic rings. The second kappa shape index (κ2) is 68.4. The smallest absolute Gasteiger partial charge is 0.0351 e. The zero-order chi connectivity index (χ0) is 10.3. The third-order valence-corrected chi connectivity index (χ3v) is 0. The van der Waals surface area contributed by atoms with Crippen LogP contribution in [0.15, 0.2) is 0 Å². The lowest BCUT2D eigenvalue weighted by atomic mass is 10.3. The maximum Gasteiger partial charge on any atom is 0.0351 e. The lowest BCUT2D eigenvalue weighted by Crippen LogP contribution is -1.66. The quantitative estimate of drug-likeness (QED) is 0.512. The molecule has 79 valence electrons. The summed E-state index contributed by atoms with van der Waals surface area (Å²) < 4.78 is 4.25. The van der Waals surface area contributed by atoms with Crippen LogP contribution in [0.4, 0.5) is 0 Å². The molecule has 0 aliphatic rings. The zero-order valence-electron chi connectivity index (χ0n) is 10.6. The molecule has 0 bridgehead atoms. The van der Waals surface area contributed by atoms with Crippen molar-refractivity contribution in [3.63, 3.8) is 0 Å². The van der Waals surface area contributed by atoms with Crippen LogP contribution in [-0.4, -0.2) is 22.6 Å². The van der Waals surface area contributed by atoms with Gasteiger partial charge >= 0.3 is 0 Å². The van der Waals surface area contributed by atoms with Gasteiger partial charge in [0.2, 0.25) is 0 Å². The molecule has 0 unspecified atom stereocenters. The van der Waals surface area contributed by atoms with Crippen molar-refractivity contribution in [2.24, 2.45) is 5.92 Å². The van der Waals surface area contributed by atoms with E-state index in [0.29, 0.717) is 0 Å². The van der Waals surface area contributed by atoms with Crippen LogP contribution in [0.5, 0.6) is 0 Å². The molecule has 0 N–H and O–H groups in total. The zero-order valence-corrected chi connectivity index (χ0v) is 10.6. The second-order valence-electron chi connectivity index (χ2n) is 2.14. The molecule has 0 saturated heterocycles. The molecule has 0 heterocycles. The van der Waals surface area contributed by atoms with Gasteiger partial charge in [0.25, 0.3) is 0 Å². The van der Waals surface area contributed by atoms with Crippen molar-refractivity contribution < 1.29 is 6.16 Å². The number of hydrogen-bond acceptors (Lipinski definition) is 1. The Morgan fingerprint density at radius 3 is 0.833 bits per heavy atom. The van der Waals surface area contributed by atoms with E-state index in [0.717, 1.165) is 5.92 Å². The van der Waals surface area contributed by atoms with Gasteiger partial charge in [-0.05, 0) is 5.92 Å². The highest BCUT2D eigenvalue weighted by Crippen LogP contribution is 1.81. The maximum atomic E-state index is 4.25. The van der Waals surface area contributed by atoms with Gasteiger partial charge in [0.05, 0.1) is 0 Å². The van der Waals surface area contributed by atoms with E-state index in [-0.39, 0.29) is 9.84 Å². The number of hydrogen-bond donors (Lipinski definition) is 0. The molecule has 2 heteroatoms. The van der Waals surface area contributed by atoms with Gasteiger partial charge in [-0.25, -0.2) is 0 Å². The minimum Gasteiger partial charge on any atom is -0.388 e. The molecule has 1 nitrogen and oxygen atoms in total. The van der Waals surface area contributed by atoms with Crippen LogP contribution in [0, 0.1) is 5.92 Å². The minimum atomic E-state index is 0. The van der Waals surface area contributed by atoms with Gasteiger partial charge in [-0.2, -0.15) is 0 Å². The first-order valence-electron chi connectivity index (χ1n) is 4.55. The van der Waals surface area contributed by atoms with E-state index in [2.05, 4.69) is 25.5 Å². The average Bonchev–Trinajstić information content (AvgIpc) is 1.96. The normalized spacial score (nSPS) is 5.50. The molecule has 0 aromatic carbocycles. The van der Waals surface area contributed by atoms with E-state index in [9.17, 15) is 0 Å². The van der Waals surface area contributed by atoms with E-state index < -0.39 is 0 Å². The molecular weight excluding hydrogens is 147 g/mol. The molecule has 12 heavy (non-hydrogen) atoms. The van der Waals surface area contributed by atoms with Crippen LogP contribution in [0.25, 0.3) is 0 Å². The fraction of sp³-hybridized carbons (Fsp3) is 1.00. The van der Waals surface area contributed by atoms with Gasteiger partial charge in [-0.3, -0.25) is 0 Å². The molecule has 0 saturated carbocycles. The molecule has 0 spiro atoms. The highest BCUT2D eigenvalue weighted by molar-refractivity contribution is 5.75. The number of rotatable bonds is 0. The van der Waals surface area contributed by atoms with Gasteiger partial charge < -0.3 is 4.74 Å². The molecule has 0 amide bonds. The summed E-state index contributed by atoms with van der Waals surface area (Å²) in [5.41, 5.74) is 0. The lowest BCUT2D eigenvalue weighted by Gasteiger charge is -1.79. The summed E-state index contributed by atoms with van der Waals surface area (Å²) in [6, 6.07) is 0. The van der Waals surface area contributed by atoms with E-state index in [4.69, 9.17) is 0 Å². The molecule has 0 aromatic heterocycles. The summed E-state index contributed by atoms with van der Waals surface area (Å²) in [6.07, 6.45) is 0. The van der Waals surface area contributed by atoms with Crippen LogP contribution in [0.3, 0.4) is 0 Å². The third-order valence-electron chi connectivity index (χ3n) is 0. The fourth-order valence-electron chi connectivity index (χ4n) is 0. The van der Waals surface area contributed by atoms with Crippen molar-refractivity contribution in [2.75, 3.05) is 14.2 Å². The van der Waals surface area contributed by atoms with Gasteiger partial charge in [-0.1, -0.05) is 48.5 Å². The van der Waals surface area contributed by atoms with Crippen molar-refractivity contribution in [1.82, 2.24) is 0 Å². The van der Waals surface area contributed by atoms with Crippen molar-refractivity contribution in [2.45, 2.75) is 48.5 Å². The predicted octanol–water partition coefficient (Wildman–Crippen LogP) is 3.84. The molecule has 0 aliphatic heterocycles. The summed E-state index contributed by atoms with van der Waals surface area (Å²) >= 11 is 0. The standard InChI is InChI=1S/C4H10.C2H6O.2C2H6.B.H2/c1-4(2)3;1-3-2;2*1-2;;/h4H,1-3H3;1-2H3;2*1-2H3;;1H/i;;;;;1+1. The Kier molecular flexibility index (Phi) is 169. The van der Waals surface area contributed by atoms with Gasteiger partial charge in [0.15, 0.2) is 0 Å². The number of ether oxygens (including phenoxy) is 1. The van der Waals surface area contributed by atoms with Crippen molar-refractivity contribution in [3.05, 3.63) is 0 Å². The van der Waals surface area contributed by atoms with Crippen LogP contribution in [-0.2, 0) is 4.74 Å². The summed E-state index contributed by atoms with van der Waals surface area (Å²) in [4.78, 5) is 0. The third kappa shape index (κ3) is 1310000. The van der Waals surface area contributed by atoms with Crippen LogP contribution in [0.2, 0.25) is 0 Å². The summed E-state index contributed by atoms with van der Waals surface area (Å²) in [5.74, 6) is 0.833. The summed E-state index contributed by atoms with van der Waals surface area (Å²) in [7, 11) is 3.25. The van der Waals surface area contributed by atoms with Gasteiger partial charge in [0.1, 0.15) is 0 Å². The molecule has 0 atom stereocenters. The molecule has 0 rings (SSSR count). The Morgan fingerprint density at radius 1 is 0.833 bits per heavy atom. The first-order chi connectivity index (χ1) is 5.15. The molecule has 0 aliphatic carbocycles. The Labute approximate surface area is 84.0 Å². The SMILES string of the molecule is CC.CC.CC(C)C.COC.[2HH].[B]. The minimum absolute atomic E-state index is 0. The van der Waals surface area contributed by atoms with Crippen LogP contribution in [0.1, 0.15) is 49.9 Å². The Morgan fingerprint density at radius 2 is 0.833 bits per heavy atom. The van der Waals surface area contributed by atoms with E-state index in [1.54, 1.807) is 14.2 Å². The maximum absolute atomic E-state index is 4.25. The van der Waals surface area contributed by atoms with Crippen molar-refractivity contribution >= 4 is 8.41 Å². The van der Waals surface area contributed by atoms with Crippen molar-refractivity contribution in [3.8, 4) is 0 Å². The Hall–Kier alpha value is 0.0249. The first-order valence-corrected chi connectivity index (χ1v) is 4.55. The van der Waals surface area contributed by atoms with E-state index >= 15 is 0 Å². The fourth-order valence-corrected chi connectivity index (χ4v) is 0. The van der Waals surface area contributed by atoms with Crippen LogP contribution < -0.4 is 0 Å². The van der Waals surface area contributed by atoms with E-state index in [1.807, 2.05) is 27.7 Å². The summed E-state index contributed by atoms with van der Waals surface area (Å²) in [5, 5.41) is 0. The molecule has 3 radical (unpaired) electrons. The van der Waals surface area contributed by atoms with Gasteiger partial charge in [-0.15, -0.1) is 0 Å². The highest BCUT2D eigenvalue weighted by Gasteiger charge is 1.68. The van der Waals surface area contributed by atoms with Gasteiger partial charge in [0, 0.05) is 24.1 Å². The molecular formula is C10H30BO. The number of methoxy groups -OCH3 is 1. The highest BCUT2D eigenvalue weighted by atomic mass is 16.4. The molecule has 0 fully saturated rings. The van der Waals surface area contributed by atoms with Crippen molar-refractivity contribution in [1.29, 1.82) is 0 Å². The first kappa shape index (κ1) is 29.6. The lowest BCUT2D eigenvalue weighted by molar-refractivity contribution is 0.277. The average molecular weight is 178 g/mol. The Balaban J connectivity index is -0.0000000125. The topological polar surface area (TPSA) is 9.23 Å². The monoisotopic (exact) mass is 178 g/mol.